The summed E-state index contributed by atoms with van der Waals surface area (Å²) in [5.41, 5.74) is -0.761. The number of carbonyl (C=O) groups is 2. The molecule has 0 amide bonds. The Bertz CT molecular complexity index is 615. The molecule has 132 valence electrons. The summed E-state index contributed by atoms with van der Waals surface area (Å²) in [5.74, 6) is -0.727. The Morgan fingerprint density at radius 2 is 1.75 bits per heavy atom. The van der Waals surface area contributed by atoms with Crippen LogP contribution in [-0.4, -0.2) is 40.9 Å². The van der Waals surface area contributed by atoms with Gasteiger partial charge in [0.15, 0.2) is 0 Å². The van der Waals surface area contributed by atoms with Crippen LogP contribution >= 0.6 is 0 Å². The van der Waals surface area contributed by atoms with Crippen LogP contribution in [0.1, 0.15) is 24.8 Å². The Morgan fingerprint density at radius 1 is 1.12 bits per heavy atom. The third-order valence-electron chi connectivity index (χ3n) is 2.93. The summed E-state index contributed by atoms with van der Waals surface area (Å²) in [7, 11) is 2.24. The van der Waals surface area contributed by atoms with E-state index < -0.39 is 27.2 Å². The van der Waals surface area contributed by atoms with Gasteiger partial charge in [-0.15, -0.1) is 0 Å². The van der Waals surface area contributed by atoms with Crippen molar-refractivity contribution in [3.8, 4) is 0 Å². The molecule has 1 aromatic rings. The van der Waals surface area contributed by atoms with Gasteiger partial charge in [0.2, 0.25) is 0 Å². The molecule has 0 fully saturated rings. The number of ketones is 1. The van der Waals surface area contributed by atoms with E-state index in [1.54, 1.807) is 0 Å². The Labute approximate surface area is 137 Å². The second-order valence-electron chi connectivity index (χ2n) is 4.47. The van der Waals surface area contributed by atoms with E-state index in [9.17, 15) is 29.8 Å². The number of benzene rings is 1. The van der Waals surface area contributed by atoms with E-state index >= 15 is 0 Å². The van der Waals surface area contributed by atoms with Gasteiger partial charge >= 0.3 is 5.97 Å². The number of carbonyl (C=O) groups excluding carboxylic acids is 2. The molecule has 0 atom stereocenters. The first-order chi connectivity index (χ1) is 11.3. The number of nitrogens with zero attached hydrogens (tertiary/aromatic N) is 2. The molecule has 24 heavy (non-hydrogen) atoms. The number of nitro groups is 2. The van der Waals surface area contributed by atoms with Crippen molar-refractivity contribution in [3.05, 3.63) is 44.0 Å². The highest BCUT2D eigenvalue weighted by molar-refractivity contribution is 5.82. The minimum atomic E-state index is -0.760. The predicted molar refractivity (Wildman–Crippen MR) is 82.5 cm³/mol. The normalized spacial score (nSPS) is 9.46. The van der Waals surface area contributed by atoms with Crippen LogP contribution in [-0.2, 0) is 20.7 Å². The molecule has 0 radical (unpaired) electrons. The molecule has 0 aliphatic carbocycles. The summed E-state index contributed by atoms with van der Waals surface area (Å²) in [6.07, 6.45) is 0.232. The van der Waals surface area contributed by atoms with Gasteiger partial charge in [-0.2, -0.15) is 0 Å². The maximum atomic E-state index is 11.8. The summed E-state index contributed by atoms with van der Waals surface area (Å²) >= 11 is 0. The fraction of sp³-hybridized carbons (Fsp3) is 0.429. The first-order valence-electron chi connectivity index (χ1n) is 6.80. The van der Waals surface area contributed by atoms with Crippen molar-refractivity contribution < 1.29 is 29.3 Å². The van der Waals surface area contributed by atoms with Gasteiger partial charge in [-0.1, -0.05) is 0 Å². The number of aliphatic hydroxyl groups is 1. The molecule has 0 saturated carbocycles. The monoisotopic (exact) mass is 342 g/mol. The smallest absolute Gasteiger partial charge is 0.305 e. The fourth-order valence-corrected chi connectivity index (χ4v) is 1.82. The summed E-state index contributed by atoms with van der Waals surface area (Å²) in [6.45, 7) is 0. The number of non-ortho nitro benzene ring substituents is 1. The zero-order valence-corrected chi connectivity index (χ0v) is 13.3. The van der Waals surface area contributed by atoms with Crippen LogP contribution in [0, 0.1) is 20.2 Å². The fourth-order valence-electron chi connectivity index (χ4n) is 1.82. The van der Waals surface area contributed by atoms with Crippen LogP contribution in [0.2, 0.25) is 0 Å². The van der Waals surface area contributed by atoms with Crippen LogP contribution < -0.4 is 0 Å². The second kappa shape index (κ2) is 10.8. The summed E-state index contributed by atoms with van der Waals surface area (Å²) < 4.78 is 4.43. The van der Waals surface area contributed by atoms with Gasteiger partial charge in [-0.3, -0.25) is 29.8 Å². The summed E-state index contributed by atoms with van der Waals surface area (Å²) in [4.78, 5) is 42.7. The zero-order valence-electron chi connectivity index (χ0n) is 13.3. The Morgan fingerprint density at radius 3 is 2.25 bits per heavy atom. The highest BCUT2D eigenvalue weighted by Crippen LogP contribution is 2.25. The van der Waals surface area contributed by atoms with E-state index in [-0.39, 0.29) is 37.0 Å². The third kappa shape index (κ3) is 6.92. The average Bonchev–Trinajstić information content (AvgIpc) is 2.56. The van der Waals surface area contributed by atoms with Crippen molar-refractivity contribution in [1.82, 2.24) is 0 Å². The molecule has 0 spiro atoms. The first kappa shape index (κ1) is 21.1. The number of methoxy groups -OCH3 is 1. The molecule has 1 rings (SSSR count). The average molecular weight is 342 g/mol. The standard InChI is InChI=1S/C13H14N2O7.CH4O/c1-22-13(17)4-2-3-11(16)7-9-5-6-10(14(18)19)8-12(9)15(20)21;1-2/h5-6,8H,2-4,7H2,1H3;2H,1H3. The lowest BCUT2D eigenvalue weighted by molar-refractivity contribution is -0.394. The maximum Gasteiger partial charge on any atom is 0.305 e. The largest absolute Gasteiger partial charge is 0.469 e. The minimum Gasteiger partial charge on any atom is -0.469 e. The van der Waals surface area contributed by atoms with Crippen molar-refractivity contribution in [2.75, 3.05) is 14.2 Å². The Kier molecular flexibility index (Phi) is 9.49. The molecular formula is C14H18N2O8. The molecule has 0 aromatic heterocycles. The molecule has 1 N–H and O–H groups in total. The Balaban J connectivity index is 0.00000254. The van der Waals surface area contributed by atoms with Gasteiger partial charge < -0.3 is 9.84 Å². The lowest BCUT2D eigenvalue weighted by Gasteiger charge is -2.03. The molecule has 10 heteroatoms. The summed E-state index contributed by atoms with van der Waals surface area (Å²) in [5, 5.41) is 28.5. The minimum absolute atomic E-state index is 0.0727. The molecule has 10 nitrogen and oxygen atoms in total. The van der Waals surface area contributed by atoms with Crippen molar-refractivity contribution in [1.29, 1.82) is 0 Å². The lowest BCUT2D eigenvalue weighted by Crippen LogP contribution is -2.07. The van der Waals surface area contributed by atoms with Gasteiger partial charge in [-0.25, -0.2) is 0 Å². The van der Waals surface area contributed by atoms with E-state index in [4.69, 9.17) is 5.11 Å². The van der Waals surface area contributed by atoms with E-state index in [0.717, 1.165) is 19.2 Å². The maximum absolute atomic E-state index is 11.8. The van der Waals surface area contributed by atoms with Crippen molar-refractivity contribution in [2.24, 2.45) is 0 Å². The number of Topliss-reactive ketones (excluding diaryl/α,β-unsaturated/α-hetero) is 1. The predicted octanol–water partition coefficient (Wildman–Crippen LogP) is 1.57. The van der Waals surface area contributed by atoms with Gasteiger partial charge in [0.05, 0.1) is 23.0 Å². The second-order valence-corrected chi connectivity index (χ2v) is 4.47. The van der Waals surface area contributed by atoms with E-state index in [1.807, 2.05) is 0 Å². The number of ether oxygens (including phenoxy) is 1. The van der Waals surface area contributed by atoms with Gasteiger partial charge in [0, 0.05) is 38.0 Å². The van der Waals surface area contributed by atoms with Gasteiger partial charge in [-0.05, 0) is 12.5 Å². The third-order valence-corrected chi connectivity index (χ3v) is 2.93. The first-order valence-corrected chi connectivity index (χ1v) is 6.80. The van der Waals surface area contributed by atoms with Gasteiger partial charge in [0.25, 0.3) is 11.4 Å². The molecule has 1 aromatic carbocycles. The van der Waals surface area contributed by atoms with Crippen LogP contribution in [0.15, 0.2) is 18.2 Å². The molecule has 0 aliphatic rings. The molecule has 0 aliphatic heterocycles. The molecule has 0 heterocycles. The number of rotatable bonds is 8. The molecule has 0 bridgehead atoms. The van der Waals surface area contributed by atoms with E-state index in [1.165, 1.54) is 13.2 Å². The van der Waals surface area contributed by atoms with Crippen molar-refractivity contribution in [3.63, 3.8) is 0 Å². The number of nitro benzene ring substituents is 2. The highest BCUT2D eigenvalue weighted by atomic mass is 16.6. The van der Waals surface area contributed by atoms with Crippen molar-refractivity contribution >= 4 is 23.1 Å². The molecular weight excluding hydrogens is 324 g/mol. The molecule has 0 unspecified atom stereocenters. The van der Waals surface area contributed by atoms with Crippen LogP contribution in [0.3, 0.4) is 0 Å². The number of aliphatic hydroxyl groups excluding tert-OH is 1. The van der Waals surface area contributed by atoms with Crippen LogP contribution in [0.5, 0.6) is 0 Å². The topological polar surface area (TPSA) is 150 Å². The number of esters is 1. The Hall–Kier alpha value is -2.88. The van der Waals surface area contributed by atoms with Crippen LogP contribution in [0.25, 0.3) is 0 Å². The zero-order chi connectivity index (χ0) is 18.7. The van der Waals surface area contributed by atoms with E-state index in [2.05, 4.69) is 4.74 Å². The number of hydrogen-bond acceptors (Lipinski definition) is 8. The van der Waals surface area contributed by atoms with Crippen molar-refractivity contribution in [2.45, 2.75) is 25.7 Å². The quantitative estimate of drug-likeness (QED) is 0.425. The number of hydrogen-bond donors (Lipinski definition) is 1. The summed E-state index contributed by atoms with van der Waals surface area (Å²) in [6, 6.07) is 3.15. The highest BCUT2D eigenvalue weighted by Gasteiger charge is 2.21. The van der Waals surface area contributed by atoms with Gasteiger partial charge in [0.1, 0.15) is 5.78 Å². The lowest BCUT2D eigenvalue weighted by atomic mass is 10.0. The van der Waals surface area contributed by atoms with Crippen LogP contribution in [0.4, 0.5) is 11.4 Å². The van der Waals surface area contributed by atoms with E-state index in [0.29, 0.717) is 0 Å². The SMILES string of the molecule is CO.COC(=O)CCCC(=O)Cc1ccc([N+](=O)[O-])cc1[N+](=O)[O-]. The molecule has 0 saturated heterocycles.